The van der Waals surface area contributed by atoms with Crippen LogP contribution in [-0.2, 0) is 4.74 Å². The fourth-order valence-corrected chi connectivity index (χ4v) is 2.41. The van der Waals surface area contributed by atoms with Crippen LogP contribution in [0.4, 0.5) is 10.5 Å². The van der Waals surface area contributed by atoms with E-state index in [4.69, 9.17) is 4.74 Å². The summed E-state index contributed by atoms with van der Waals surface area (Å²) in [5.41, 5.74) is 0.787. The molecule has 2 N–H and O–H groups in total. The van der Waals surface area contributed by atoms with Crippen LogP contribution >= 0.6 is 0 Å². The van der Waals surface area contributed by atoms with Crippen LogP contribution < -0.4 is 10.6 Å². The summed E-state index contributed by atoms with van der Waals surface area (Å²) in [6.45, 7) is 1.35. The molecule has 20 heavy (non-hydrogen) atoms. The van der Waals surface area contributed by atoms with Crippen LogP contribution in [-0.4, -0.2) is 30.3 Å². The summed E-state index contributed by atoms with van der Waals surface area (Å²) in [4.78, 5) is 16.0. The molecule has 2 heterocycles. The highest BCUT2D eigenvalue weighted by atomic mass is 16.5. The quantitative estimate of drug-likeness (QED) is 0.901. The van der Waals surface area contributed by atoms with Gasteiger partial charge in [-0.3, -0.25) is 4.98 Å². The van der Waals surface area contributed by atoms with Crippen molar-refractivity contribution < 1.29 is 9.53 Å². The number of carbonyl (C=O) groups excluding carboxylic acids is 1. The Hall–Kier alpha value is -2.14. The SMILES string of the molecule is O=C(NC[C@@H]1CCCO1)Nc1cccc2cnccc12. The van der Waals surface area contributed by atoms with E-state index in [2.05, 4.69) is 15.6 Å². The third kappa shape index (κ3) is 2.88. The van der Waals surface area contributed by atoms with Crippen molar-refractivity contribution in [3.8, 4) is 0 Å². The first-order valence-electron chi connectivity index (χ1n) is 6.82. The van der Waals surface area contributed by atoms with Gasteiger partial charge in [0, 0.05) is 36.3 Å². The van der Waals surface area contributed by atoms with Crippen molar-refractivity contribution in [2.45, 2.75) is 18.9 Å². The molecule has 2 aromatic rings. The van der Waals surface area contributed by atoms with Crippen LogP contribution in [0.5, 0.6) is 0 Å². The number of anilines is 1. The van der Waals surface area contributed by atoms with Gasteiger partial charge in [-0.2, -0.15) is 0 Å². The molecule has 1 aromatic heterocycles. The van der Waals surface area contributed by atoms with Crippen molar-refractivity contribution in [1.29, 1.82) is 0 Å². The molecule has 0 saturated carbocycles. The number of amides is 2. The van der Waals surface area contributed by atoms with Crippen molar-refractivity contribution in [1.82, 2.24) is 10.3 Å². The van der Waals surface area contributed by atoms with E-state index in [0.29, 0.717) is 6.54 Å². The first kappa shape index (κ1) is 12.9. The van der Waals surface area contributed by atoms with Gasteiger partial charge in [-0.25, -0.2) is 4.79 Å². The van der Waals surface area contributed by atoms with Crippen LogP contribution in [0, 0.1) is 0 Å². The van der Waals surface area contributed by atoms with Gasteiger partial charge in [0.15, 0.2) is 0 Å². The number of urea groups is 1. The second-order valence-electron chi connectivity index (χ2n) is 4.87. The summed E-state index contributed by atoms with van der Waals surface area (Å²) in [6, 6.07) is 7.45. The van der Waals surface area contributed by atoms with Crippen molar-refractivity contribution in [2.24, 2.45) is 0 Å². The summed E-state index contributed by atoms with van der Waals surface area (Å²) < 4.78 is 5.47. The monoisotopic (exact) mass is 271 g/mol. The van der Waals surface area contributed by atoms with Crippen molar-refractivity contribution in [3.05, 3.63) is 36.7 Å². The number of pyridine rings is 1. The van der Waals surface area contributed by atoms with Crippen LogP contribution in [0.1, 0.15) is 12.8 Å². The molecule has 0 radical (unpaired) electrons. The number of ether oxygens (including phenoxy) is 1. The number of nitrogens with zero attached hydrogens (tertiary/aromatic N) is 1. The summed E-state index contributed by atoms with van der Waals surface area (Å²) in [5.74, 6) is 0. The lowest BCUT2D eigenvalue weighted by Gasteiger charge is -2.12. The highest BCUT2D eigenvalue weighted by Gasteiger charge is 2.16. The van der Waals surface area contributed by atoms with E-state index in [1.165, 1.54) is 0 Å². The highest BCUT2D eigenvalue weighted by molar-refractivity contribution is 6.01. The zero-order valence-electron chi connectivity index (χ0n) is 11.1. The summed E-state index contributed by atoms with van der Waals surface area (Å²) in [6.07, 6.45) is 5.74. The minimum absolute atomic E-state index is 0.150. The number of hydrogen-bond donors (Lipinski definition) is 2. The Bertz CT molecular complexity index is 604. The van der Waals surface area contributed by atoms with Gasteiger partial charge in [-0.05, 0) is 25.0 Å². The van der Waals surface area contributed by atoms with Crippen LogP contribution in [0.15, 0.2) is 36.7 Å². The van der Waals surface area contributed by atoms with Gasteiger partial charge in [-0.15, -0.1) is 0 Å². The Morgan fingerprint density at radius 3 is 3.20 bits per heavy atom. The maximum absolute atomic E-state index is 11.9. The van der Waals surface area contributed by atoms with E-state index >= 15 is 0 Å². The minimum atomic E-state index is -0.204. The molecular formula is C15H17N3O2. The third-order valence-electron chi connectivity index (χ3n) is 3.44. The molecule has 0 spiro atoms. The first-order valence-corrected chi connectivity index (χ1v) is 6.82. The number of carbonyl (C=O) groups is 1. The van der Waals surface area contributed by atoms with Crippen molar-refractivity contribution >= 4 is 22.5 Å². The highest BCUT2D eigenvalue weighted by Crippen LogP contribution is 2.21. The molecule has 3 rings (SSSR count). The topological polar surface area (TPSA) is 63.2 Å². The Morgan fingerprint density at radius 2 is 2.35 bits per heavy atom. The van der Waals surface area contributed by atoms with Crippen molar-refractivity contribution in [2.75, 3.05) is 18.5 Å². The lowest BCUT2D eigenvalue weighted by atomic mass is 10.1. The Kier molecular flexibility index (Phi) is 3.78. The minimum Gasteiger partial charge on any atom is -0.376 e. The molecule has 5 nitrogen and oxygen atoms in total. The van der Waals surface area contributed by atoms with Crippen LogP contribution in [0.2, 0.25) is 0 Å². The van der Waals surface area contributed by atoms with Gasteiger partial charge in [0.25, 0.3) is 0 Å². The fourth-order valence-electron chi connectivity index (χ4n) is 2.41. The molecule has 0 unspecified atom stereocenters. The lowest BCUT2D eigenvalue weighted by molar-refractivity contribution is 0.112. The Balaban J connectivity index is 1.65. The third-order valence-corrected chi connectivity index (χ3v) is 3.44. The number of nitrogens with one attached hydrogen (secondary N) is 2. The largest absolute Gasteiger partial charge is 0.376 e. The molecule has 1 fully saturated rings. The lowest BCUT2D eigenvalue weighted by Crippen LogP contribution is -2.35. The summed E-state index contributed by atoms with van der Waals surface area (Å²) >= 11 is 0. The number of aromatic nitrogens is 1. The van der Waals surface area contributed by atoms with Crippen molar-refractivity contribution in [3.63, 3.8) is 0 Å². The normalized spacial score (nSPS) is 18.1. The number of hydrogen-bond acceptors (Lipinski definition) is 3. The van der Waals surface area contributed by atoms with E-state index in [-0.39, 0.29) is 12.1 Å². The number of benzene rings is 1. The van der Waals surface area contributed by atoms with Crippen LogP contribution in [0.3, 0.4) is 0 Å². The molecule has 0 aliphatic carbocycles. The smallest absolute Gasteiger partial charge is 0.319 e. The predicted octanol–water partition coefficient (Wildman–Crippen LogP) is 2.54. The van der Waals surface area contributed by atoms with Gasteiger partial charge >= 0.3 is 6.03 Å². The predicted molar refractivity (Wildman–Crippen MR) is 77.7 cm³/mol. The van der Waals surface area contributed by atoms with E-state index in [9.17, 15) is 4.79 Å². The average molecular weight is 271 g/mol. The van der Waals surface area contributed by atoms with Gasteiger partial charge in [0.2, 0.25) is 0 Å². The molecular weight excluding hydrogens is 254 g/mol. The molecule has 2 amide bonds. The molecule has 104 valence electrons. The fraction of sp³-hybridized carbons (Fsp3) is 0.333. The molecule has 1 saturated heterocycles. The Labute approximate surface area is 117 Å². The van der Waals surface area contributed by atoms with Gasteiger partial charge in [0.05, 0.1) is 11.8 Å². The zero-order chi connectivity index (χ0) is 13.8. The number of rotatable bonds is 3. The standard InChI is InChI=1S/C15H17N3O2/c19-15(17-10-12-4-2-8-20-12)18-14-5-1-3-11-9-16-7-6-13(11)14/h1,3,5-7,9,12H,2,4,8,10H2,(H2,17,18,19)/t12-/m0/s1. The second kappa shape index (κ2) is 5.88. The van der Waals surface area contributed by atoms with Crippen LogP contribution in [0.25, 0.3) is 10.8 Å². The number of fused-ring (bicyclic) bond motifs is 1. The first-order chi connectivity index (χ1) is 9.83. The van der Waals surface area contributed by atoms with Gasteiger partial charge in [0.1, 0.15) is 0 Å². The van der Waals surface area contributed by atoms with Gasteiger partial charge < -0.3 is 15.4 Å². The van der Waals surface area contributed by atoms with Gasteiger partial charge in [-0.1, -0.05) is 12.1 Å². The van der Waals surface area contributed by atoms with E-state index in [1.807, 2.05) is 24.3 Å². The summed E-state index contributed by atoms with van der Waals surface area (Å²) in [7, 11) is 0. The average Bonchev–Trinajstić information content (AvgIpc) is 2.99. The van der Waals surface area contributed by atoms with E-state index < -0.39 is 0 Å². The zero-order valence-corrected chi connectivity index (χ0v) is 11.1. The Morgan fingerprint density at radius 1 is 1.40 bits per heavy atom. The summed E-state index contributed by atoms with van der Waals surface area (Å²) in [5, 5.41) is 7.71. The maximum Gasteiger partial charge on any atom is 0.319 e. The second-order valence-corrected chi connectivity index (χ2v) is 4.87. The van der Waals surface area contributed by atoms with E-state index in [0.717, 1.165) is 35.9 Å². The molecule has 1 aliphatic rings. The molecule has 0 bridgehead atoms. The maximum atomic E-state index is 11.9. The molecule has 1 atom stereocenters. The molecule has 1 aromatic carbocycles. The molecule has 1 aliphatic heterocycles. The van der Waals surface area contributed by atoms with E-state index in [1.54, 1.807) is 12.4 Å². The molecule has 5 heteroatoms.